The first-order valence-corrected chi connectivity index (χ1v) is 8.35. The lowest BCUT2D eigenvalue weighted by Gasteiger charge is -2.40. The molecule has 4 nitrogen and oxygen atoms in total. The van der Waals surface area contributed by atoms with Gasteiger partial charge in [-0.05, 0) is 47.7 Å². The predicted molar refractivity (Wildman–Crippen MR) is 93.7 cm³/mol. The van der Waals surface area contributed by atoms with Crippen LogP contribution in [0, 0.1) is 15.2 Å². The Morgan fingerprint density at radius 3 is 2.87 bits per heavy atom. The quantitative estimate of drug-likeness (QED) is 0.537. The lowest BCUT2D eigenvalue weighted by atomic mass is 10.0. The predicted octanol–water partition coefficient (Wildman–Crippen LogP) is 3.93. The van der Waals surface area contributed by atoms with Crippen molar-refractivity contribution in [1.82, 2.24) is 4.98 Å². The average Bonchev–Trinajstić information content (AvgIpc) is 2.51. The zero-order valence-electron chi connectivity index (χ0n) is 12.0. The maximum absolute atomic E-state index is 14.2. The second kappa shape index (κ2) is 6.37. The first-order chi connectivity index (χ1) is 10.9. The first-order valence-electron chi connectivity index (χ1n) is 6.89. The van der Waals surface area contributed by atoms with E-state index in [1.165, 1.54) is 0 Å². The van der Waals surface area contributed by atoms with Crippen LogP contribution in [0.5, 0.6) is 0 Å². The number of aliphatic hydroxyl groups excluding tert-OH is 1. The first kappa shape index (κ1) is 16.7. The third kappa shape index (κ3) is 2.97. The lowest BCUT2D eigenvalue weighted by molar-refractivity contribution is 0.167. The van der Waals surface area contributed by atoms with Gasteiger partial charge in [0.25, 0.3) is 0 Å². The third-order valence-corrected chi connectivity index (χ3v) is 4.77. The molecule has 2 N–H and O–H groups in total. The van der Waals surface area contributed by atoms with Gasteiger partial charge in [0.1, 0.15) is 23.7 Å². The van der Waals surface area contributed by atoms with Gasteiger partial charge in [0.15, 0.2) is 0 Å². The lowest BCUT2D eigenvalue weighted by Crippen LogP contribution is -2.46. The van der Waals surface area contributed by atoms with Crippen LogP contribution in [0.25, 0.3) is 0 Å². The minimum Gasteiger partial charge on any atom is -0.372 e. The standard InChI is InChI=1S/C15H13ClF2IN3O/c1-7(13-9(17)2-3-10(18)14(13)16)22-11-4-8(19)5-20-15(11)21-6-12(22)23/h2-5,7,12,23H,6H2,1H3,(H,20,21). The largest absolute Gasteiger partial charge is 0.372 e. The average molecular weight is 452 g/mol. The molecule has 0 spiro atoms. The van der Waals surface area contributed by atoms with E-state index in [2.05, 4.69) is 32.9 Å². The molecule has 0 radical (unpaired) electrons. The van der Waals surface area contributed by atoms with Crippen molar-refractivity contribution in [2.45, 2.75) is 19.2 Å². The topological polar surface area (TPSA) is 48.4 Å². The summed E-state index contributed by atoms with van der Waals surface area (Å²) in [5.41, 5.74) is 0.625. The van der Waals surface area contributed by atoms with Gasteiger partial charge >= 0.3 is 0 Å². The molecule has 0 saturated carbocycles. The van der Waals surface area contributed by atoms with Gasteiger partial charge in [0.05, 0.1) is 23.3 Å². The number of hydrogen-bond donors (Lipinski definition) is 2. The van der Waals surface area contributed by atoms with Gasteiger partial charge in [-0.25, -0.2) is 13.8 Å². The number of nitrogens with zero attached hydrogens (tertiary/aromatic N) is 2. The minimum absolute atomic E-state index is 0.0115. The summed E-state index contributed by atoms with van der Waals surface area (Å²) in [4.78, 5) is 5.86. The summed E-state index contributed by atoms with van der Waals surface area (Å²) in [6.07, 6.45) is 0.763. The number of aliphatic hydroxyl groups is 1. The fourth-order valence-electron chi connectivity index (χ4n) is 2.74. The summed E-state index contributed by atoms with van der Waals surface area (Å²) in [5.74, 6) is -0.731. The van der Waals surface area contributed by atoms with E-state index in [1.807, 2.05) is 6.07 Å². The molecule has 1 aliphatic rings. The molecule has 0 fully saturated rings. The Morgan fingerprint density at radius 2 is 2.13 bits per heavy atom. The highest BCUT2D eigenvalue weighted by Crippen LogP contribution is 2.39. The van der Waals surface area contributed by atoms with Crippen molar-refractivity contribution in [3.8, 4) is 0 Å². The van der Waals surface area contributed by atoms with Crippen LogP contribution < -0.4 is 10.2 Å². The second-order valence-corrected chi connectivity index (χ2v) is 6.85. The number of benzene rings is 1. The van der Waals surface area contributed by atoms with E-state index in [-0.39, 0.29) is 17.1 Å². The van der Waals surface area contributed by atoms with Crippen molar-refractivity contribution in [1.29, 1.82) is 0 Å². The van der Waals surface area contributed by atoms with E-state index in [4.69, 9.17) is 11.6 Å². The summed E-state index contributed by atoms with van der Waals surface area (Å²) in [5, 5.41) is 13.1. The fraction of sp³-hybridized carbons (Fsp3) is 0.267. The molecule has 3 rings (SSSR count). The van der Waals surface area contributed by atoms with Crippen LogP contribution in [-0.4, -0.2) is 22.9 Å². The van der Waals surface area contributed by atoms with E-state index in [0.717, 1.165) is 15.7 Å². The third-order valence-electron chi connectivity index (χ3n) is 3.80. The van der Waals surface area contributed by atoms with Gasteiger partial charge in [0, 0.05) is 15.3 Å². The van der Waals surface area contributed by atoms with Gasteiger partial charge in [0.2, 0.25) is 0 Å². The molecule has 8 heteroatoms. The van der Waals surface area contributed by atoms with Crippen molar-refractivity contribution in [3.63, 3.8) is 0 Å². The number of rotatable bonds is 2. The second-order valence-electron chi connectivity index (χ2n) is 5.22. The molecule has 1 aliphatic heterocycles. The van der Waals surface area contributed by atoms with Gasteiger partial charge < -0.3 is 15.3 Å². The zero-order valence-corrected chi connectivity index (χ0v) is 14.9. The summed E-state index contributed by atoms with van der Waals surface area (Å²) < 4.78 is 28.8. The molecule has 2 unspecified atom stereocenters. The molecule has 122 valence electrons. The minimum atomic E-state index is -0.920. The highest BCUT2D eigenvalue weighted by atomic mass is 127. The highest BCUT2D eigenvalue weighted by molar-refractivity contribution is 14.1. The van der Waals surface area contributed by atoms with Crippen molar-refractivity contribution < 1.29 is 13.9 Å². The van der Waals surface area contributed by atoms with Crippen molar-refractivity contribution in [2.24, 2.45) is 0 Å². The van der Waals surface area contributed by atoms with Gasteiger partial charge in [-0.3, -0.25) is 0 Å². The van der Waals surface area contributed by atoms with E-state index in [1.54, 1.807) is 18.0 Å². The monoisotopic (exact) mass is 451 g/mol. The number of pyridine rings is 1. The normalized spacial score (nSPS) is 18.3. The molecule has 2 heterocycles. The maximum atomic E-state index is 14.2. The number of β-amino-alcohol motifs (C(OH)–C–C–N with tert-alkyl or cyclic N) is 1. The van der Waals surface area contributed by atoms with Crippen molar-refractivity contribution in [3.05, 3.63) is 50.2 Å². The van der Waals surface area contributed by atoms with E-state index < -0.39 is 23.9 Å². The highest BCUT2D eigenvalue weighted by Gasteiger charge is 2.33. The summed E-state index contributed by atoms with van der Waals surface area (Å²) in [6, 6.07) is 3.17. The molecule has 0 saturated heterocycles. The summed E-state index contributed by atoms with van der Waals surface area (Å²) in [6.45, 7) is 1.89. The van der Waals surface area contributed by atoms with Crippen LogP contribution in [0.1, 0.15) is 18.5 Å². The molecule has 23 heavy (non-hydrogen) atoms. The fourth-order valence-corrected chi connectivity index (χ4v) is 3.49. The molecular formula is C15H13ClF2IN3O. The molecule has 2 aromatic rings. The van der Waals surface area contributed by atoms with Crippen LogP contribution in [0.15, 0.2) is 24.4 Å². The smallest absolute Gasteiger partial charge is 0.149 e. The zero-order chi connectivity index (χ0) is 16.7. The van der Waals surface area contributed by atoms with Crippen LogP contribution in [0.3, 0.4) is 0 Å². The molecular weight excluding hydrogens is 439 g/mol. The Morgan fingerprint density at radius 1 is 1.43 bits per heavy atom. The Bertz CT molecular complexity index is 762. The van der Waals surface area contributed by atoms with Crippen LogP contribution in [-0.2, 0) is 0 Å². The van der Waals surface area contributed by atoms with E-state index in [0.29, 0.717) is 11.5 Å². The van der Waals surface area contributed by atoms with Crippen LogP contribution >= 0.6 is 34.2 Å². The van der Waals surface area contributed by atoms with Crippen LogP contribution in [0.4, 0.5) is 20.3 Å². The number of aromatic nitrogens is 1. The molecule has 1 aromatic heterocycles. The molecule has 0 aliphatic carbocycles. The Kier molecular flexibility index (Phi) is 4.61. The molecule has 0 bridgehead atoms. The number of anilines is 2. The van der Waals surface area contributed by atoms with E-state index >= 15 is 0 Å². The molecule has 2 atom stereocenters. The molecule has 1 aromatic carbocycles. The van der Waals surface area contributed by atoms with Gasteiger partial charge in [-0.2, -0.15) is 0 Å². The number of hydrogen-bond acceptors (Lipinski definition) is 4. The van der Waals surface area contributed by atoms with Crippen molar-refractivity contribution in [2.75, 3.05) is 16.8 Å². The SMILES string of the molecule is CC(c1c(F)ccc(F)c1Cl)N1c2cc(I)cnc2NCC1O. The maximum Gasteiger partial charge on any atom is 0.149 e. The number of halogens is 4. The van der Waals surface area contributed by atoms with E-state index in [9.17, 15) is 13.9 Å². The van der Waals surface area contributed by atoms with Gasteiger partial charge in [-0.1, -0.05) is 11.6 Å². The Labute approximate surface area is 150 Å². The van der Waals surface area contributed by atoms with Gasteiger partial charge in [-0.15, -0.1) is 0 Å². The Hall–Kier alpha value is -1.19. The summed E-state index contributed by atoms with van der Waals surface area (Å²) >= 11 is 8.06. The Balaban J connectivity index is 2.12. The van der Waals surface area contributed by atoms with Crippen molar-refractivity contribution >= 4 is 45.7 Å². The number of nitrogens with one attached hydrogen (secondary N) is 1. The molecule has 0 amide bonds. The summed E-state index contributed by atoms with van der Waals surface area (Å²) in [7, 11) is 0. The van der Waals surface area contributed by atoms with Crippen LogP contribution in [0.2, 0.25) is 5.02 Å². The number of fused-ring (bicyclic) bond motifs is 1.